The number of halogens is 2. The third kappa shape index (κ3) is 2.82. The molecule has 1 aromatic rings. The van der Waals surface area contributed by atoms with Crippen LogP contribution in [0.1, 0.15) is 18.0 Å². The second-order valence-corrected chi connectivity index (χ2v) is 4.05. The number of nitrogens with two attached hydrogens (primary N) is 1. The predicted molar refractivity (Wildman–Crippen MR) is 59.9 cm³/mol. The Morgan fingerprint density at radius 3 is 2.80 bits per heavy atom. The minimum Gasteiger partial charge on any atom is -0.504 e. The smallest absolute Gasteiger partial charge is 0.162 e. The van der Waals surface area contributed by atoms with Crippen molar-refractivity contribution in [1.82, 2.24) is 0 Å². The first-order valence-corrected chi connectivity index (χ1v) is 5.27. The Bertz CT molecular complexity index is 346. The van der Waals surface area contributed by atoms with Crippen LogP contribution < -0.4 is 10.5 Å². The fraction of sp³-hybridized carbons (Fsp3) is 0.400. The number of ether oxygens (including phenoxy) is 1. The van der Waals surface area contributed by atoms with Crippen molar-refractivity contribution in [2.75, 3.05) is 13.8 Å². The minimum atomic E-state index is -0.526. The molecule has 1 rings (SSSR count). The van der Waals surface area contributed by atoms with Gasteiger partial charge in [-0.1, -0.05) is 15.9 Å². The summed E-state index contributed by atoms with van der Waals surface area (Å²) in [4.78, 5) is 0. The SMILES string of the molecule is COc1cc(Br)cc([C@@H](N)CCF)c1O. The van der Waals surface area contributed by atoms with E-state index >= 15 is 0 Å². The summed E-state index contributed by atoms with van der Waals surface area (Å²) in [6, 6.07) is 2.76. The largest absolute Gasteiger partial charge is 0.504 e. The molecule has 3 nitrogen and oxygen atoms in total. The maximum absolute atomic E-state index is 12.1. The molecule has 0 amide bonds. The molecular weight excluding hydrogens is 265 g/mol. The maximum atomic E-state index is 12.1. The predicted octanol–water partition coefficient (Wildman–Crippen LogP) is 2.52. The number of phenols is 1. The third-order valence-corrected chi connectivity index (χ3v) is 2.57. The van der Waals surface area contributed by atoms with Gasteiger partial charge in [-0.25, -0.2) is 0 Å². The Hall–Kier alpha value is -0.810. The number of hydrogen-bond acceptors (Lipinski definition) is 3. The van der Waals surface area contributed by atoms with Crippen molar-refractivity contribution in [1.29, 1.82) is 0 Å². The van der Waals surface area contributed by atoms with Crippen molar-refractivity contribution in [3.05, 3.63) is 22.2 Å². The van der Waals surface area contributed by atoms with Gasteiger partial charge in [0.2, 0.25) is 0 Å². The quantitative estimate of drug-likeness (QED) is 0.889. The second-order valence-electron chi connectivity index (χ2n) is 3.13. The van der Waals surface area contributed by atoms with Crippen LogP contribution in [0.3, 0.4) is 0 Å². The van der Waals surface area contributed by atoms with E-state index in [1.165, 1.54) is 7.11 Å². The van der Waals surface area contributed by atoms with Gasteiger partial charge >= 0.3 is 0 Å². The molecule has 0 radical (unpaired) electrons. The topological polar surface area (TPSA) is 55.5 Å². The summed E-state index contributed by atoms with van der Waals surface area (Å²) in [5.74, 6) is 0.301. The van der Waals surface area contributed by atoms with Crippen LogP contribution in [0.2, 0.25) is 0 Å². The molecule has 0 unspecified atom stereocenters. The number of rotatable bonds is 4. The Labute approximate surface area is 96.2 Å². The normalized spacial score (nSPS) is 12.5. The molecule has 3 N–H and O–H groups in total. The molecule has 0 saturated heterocycles. The number of aromatic hydroxyl groups is 1. The van der Waals surface area contributed by atoms with Gasteiger partial charge in [0.1, 0.15) is 0 Å². The molecule has 0 aromatic heterocycles. The minimum absolute atomic E-state index is 0.0262. The highest BCUT2D eigenvalue weighted by Crippen LogP contribution is 2.37. The third-order valence-electron chi connectivity index (χ3n) is 2.11. The molecule has 1 atom stereocenters. The second kappa shape index (κ2) is 5.32. The molecule has 0 fully saturated rings. The van der Waals surface area contributed by atoms with E-state index in [4.69, 9.17) is 10.5 Å². The van der Waals surface area contributed by atoms with Gasteiger partial charge in [-0.3, -0.25) is 4.39 Å². The summed E-state index contributed by atoms with van der Waals surface area (Å²) in [6.45, 7) is -0.518. The van der Waals surface area contributed by atoms with Gasteiger partial charge in [-0.2, -0.15) is 0 Å². The van der Waals surface area contributed by atoms with E-state index in [-0.39, 0.29) is 12.2 Å². The fourth-order valence-corrected chi connectivity index (χ4v) is 1.76. The van der Waals surface area contributed by atoms with Crippen molar-refractivity contribution in [2.24, 2.45) is 5.73 Å². The van der Waals surface area contributed by atoms with Crippen LogP contribution in [0.5, 0.6) is 11.5 Å². The van der Waals surface area contributed by atoms with E-state index in [1.54, 1.807) is 12.1 Å². The van der Waals surface area contributed by atoms with Gasteiger partial charge < -0.3 is 15.6 Å². The average Bonchev–Trinajstić information content (AvgIpc) is 2.21. The van der Waals surface area contributed by atoms with Crippen LogP contribution in [-0.4, -0.2) is 18.9 Å². The summed E-state index contributed by atoms with van der Waals surface area (Å²) in [5.41, 5.74) is 6.21. The van der Waals surface area contributed by atoms with Crippen LogP contribution in [0.4, 0.5) is 4.39 Å². The molecule has 0 aliphatic rings. The highest BCUT2D eigenvalue weighted by Gasteiger charge is 2.15. The lowest BCUT2D eigenvalue weighted by molar-refractivity contribution is 0.364. The van der Waals surface area contributed by atoms with E-state index in [0.29, 0.717) is 11.3 Å². The first kappa shape index (κ1) is 12.3. The molecule has 0 saturated carbocycles. The summed E-state index contributed by atoms with van der Waals surface area (Å²) >= 11 is 3.27. The molecule has 5 heteroatoms. The Balaban J connectivity index is 3.11. The lowest BCUT2D eigenvalue weighted by Crippen LogP contribution is -2.11. The molecule has 84 valence electrons. The van der Waals surface area contributed by atoms with Crippen molar-refractivity contribution < 1.29 is 14.2 Å². The van der Waals surface area contributed by atoms with E-state index in [9.17, 15) is 9.50 Å². The molecule has 0 heterocycles. The summed E-state index contributed by atoms with van der Waals surface area (Å²) in [5, 5.41) is 9.76. The molecule has 1 aromatic carbocycles. The Morgan fingerprint density at radius 2 is 2.27 bits per heavy atom. The summed E-state index contributed by atoms with van der Waals surface area (Å²) in [6.07, 6.45) is 0.174. The first-order chi connectivity index (χ1) is 7.10. The van der Waals surface area contributed by atoms with Gasteiger partial charge in [0.05, 0.1) is 13.8 Å². The number of alkyl halides is 1. The maximum Gasteiger partial charge on any atom is 0.162 e. The molecule has 0 aliphatic heterocycles. The molecule has 0 aliphatic carbocycles. The van der Waals surface area contributed by atoms with Crippen molar-refractivity contribution in [3.63, 3.8) is 0 Å². The van der Waals surface area contributed by atoms with Crippen molar-refractivity contribution in [3.8, 4) is 11.5 Å². The summed E-state index contributed by atoms with van der Waals surface area (Å²) < 4.78 is 17.8. The Morgan fingerprint density at radius 1 is 1.60 bits per heavy atom. The summed E-state index contributed by atoms with van der Waals surface area (Å²) in [7, 11) is 1.45. The van der Waals surface area contributed by atoms with Gasteiger partial charge in [-0.05, 0) is 18.6 Å². The Kier molecular flexibility index (Phi) is 4.35. The van der Waals surface area contributed by atoms with Gasteiger partial charge in [0.15, 0.2) is 11.5 Å². The fourth-order valence-electron chi connectivity index (χ4n) is 1.31. The number of benzene rings is 1. The zero-order valence-corrected chi connectivity index (χ0v) is 9.92. The molecule has 15 heavy (non-hydrogen) atoms. The molecule has 0 spiro atoms. The van der Waals surface area contributed by atoms with Gasteiger partial charge in [-0.15, -0.1) is 0 Å². The van der Waals surface area contributed by atoms with Crippen LogP contribution in [0.25, 0.3) is 0 Å². The van der Waals surface area contributed by atoms with E-state index in [0.717, 1.165) is 4.47 Å². The lowest BCUT2D eigenvalue weighted by Gasteiger charge is -2.14. The highest BCUT2D eigenvalue weighted by molar-refractivity contribution is 9.10. The standard InChI is InChI=1S/C10H13BrFNO2/c1-15-9-5-6(11)4-7(10(9)14)8(13)2-3-12/h4-5,8,14H,2-3,13H2,1H3/t8-/m0/s1. The number of phenolic OH excluding ortho intramolecular Hbond substituents is 1. The van der Waals surface area contributed by atoms with E-state index in [2.05, 4.69) is 15.9 Å². The van der Waals surface area contributed by atoms with E-state index < -0.39 is 12.7 Å². The van der Waals surface area contributed by atoms with Crippen LogP contribution in [0, 0.1) is 0 Å². The lowest BCUT2D eigenvalue weighted by atomic mass is 10.0. The highest BCUT2D eigenvalue weighted by atomic mass is 79.9. The van der Waals surface area contributed by atoms with Crippen molar-refractivity contribution >= 4 is 15.9 Å². The zero-order valence-electron chi connectivity index (χ0n) is 8.34. The monoisotopic (exact) mass is 277 g/mol. The van der Waals surface area contributed by atoms with E-state index in [1.807, 2.05) is 0 Å². The van der Waals surface area contributed by atoms with Crippen LogP contribution in [-0.2, 0) is 0 Å². The molecule has 0 bridgehead atoms. The molecular formula is C10H13BrFNO2. The first-order valence-electron chi connectivity index (χ1n) is 4.48. The van der Waals surface area contributed by atoms with Crippen molar-refractivity contribution in [2.45, 2.75) is 12.5 Å². The van der Waals surface area contributed by atoms with Gasteiger partial charge in [0, 0.05) is 16.1 Å². The van der Waals surface area contributed by atoms with Gasteiger partial charge in [0.25, 0.3) is 0 Å². The zero-order chi connectivity index (χ0) is 11.4. The van der Waals surface area contributed by atoms with Crippen LogP contribution >= 0.6 is 15.9 Å². The van der Waals surface area contributed by atoms with Crippen LogP contribution in [0.15, 0.2) is 16.6 Å². The average molecular weight is 278 g/mol. The number of methoxy groups -OCH3 is 1. The number of hydrogen-bond donors (Lipinski definition) is 2.